The van der Waals surface area contributed by atoms with E-state index in [9.17, 15) is 0 Å². The molecule has 0 unspecified atom stereocenters. The lowest BCUT2D eigenvalue weighted by atomic mass is 9.98. The molecule has 5 rings (SSSR count). The Morgan fingerprint density at radius 2 is 1.96 bits per heavy atom. The lowest BCUT2D eigenvalue weighted by molar-refractivity contribution is -0.0218. The molecule has 2 aliphatic rings. The number of nitrogens with zero attached hydrogens (tertiary/aromatic N) is 3. The second-order valence-corrected chi connectivity index (χ2v) is 6.83. The molecule has 5 heteroatoms. The molecule has 0 aliphatic carbocycles. The molecule has 0 spiro atoms. The van der Waals surface area contributed by atoms with Crippen molar-refractivity contribution < 1.29 is 4.74 Å². The molecule has 0 radical (unpaired) electrons. The SMILES string of the molecule is c1ccc([C@@H]2Oc3ccccc3[C@H]3CC(c4cccs4)=NN32)nc1. The van der Waals surface area contributed by atoms with Crippen LogP contribution in [0.2, 0.25) is 0 Å². The van der Waals surface area contributed by atoms with Crippen LogP contribution >= 0.6 is 11.3 Å². The van der Waals surface area contributed by atoms with Gasteiger partial charge in [-0.3, -0.25) is 4.98 Å². The third-order valence-corrected chi connectivity index (χ3v) is 5.36. The van der Waals surface area contributed by atoms with E-state index in [4.69, 9.17) is 9.84 Å². The Balaban J connectivity index is 1.62. The first kappa shape index (κ1) is 13.7. The van der Waals surface area contributed by atoms with Gasteiger partial charge in [0.15, 0.2) is 0 Å². The number of fused-ring (bicyclic) bond motifs is 3. The Kier molecular flexibility index (Phi) is 3.13. The summed E-state index contributed by atoms with van der Waals surface area (Å²) in [6.45, 7) is 0. The van der Waals surface area contributed by atoms with Crippen molar-refractivity contribution in [2.75, 3.05) is 0 Å². The number of pyridine rings is 1. The Morgan fingerprint density at radius 3 is 2.79 bits per heavy atom. The van der Waals surface area contributed by atoms with Gasteiger partial charge in [0.25, 0.3) is 0 Å². The predicted octanol–water partition coefficient (Wildman–Crippen LogP) is 4.39. The average molecular weight is 333 g/mol. The number of hydrazone groups is 1. The van der Waals surface area contributed by atoms with Crippen molar-refractivity contribution in [3.05, 3.63) is 82.3 Å². The Morgan fingerprint density at radius 1 is 1.04 bits per heavy atom. The molecule has 4 heterocycles. The van der Waals surface area contributed by atoms with Crippen LogP contribution in [-0.4, -0.2) is 15.7 Å². The van der Waals surface area contributed by atoms with E-state index in [0.29, 0.717) is 0 Å². The van der Waals surface area contributed by atoms with Crippen LogP contribution in [0.5, 0.6) is 5.75 Å². The molecule has 2 atom stereocenters. The summed E-state index contributed by atoms with van der Waals surface area (Å²) in [5.74, 6) is 0.928. The molecule has 4 nitrogen and oxygen atoms in total. The lowest BCUT2D eigenvalue weighted by Gasteiger charge is -2.37. The Bertz CT molecular complexity index is 892. The second-order valence-electron chi connectivity index (χ2n) is 5.89. The van der Waals surface area contributed by atoms with E-state index < -0.39 is 0 Å². The molecule has 0 saturated heterocycles. The van der Waals surface area contributed by atoms with Crippen LogP contribution in [0.3, 0.4) is 0 Å². The largest absolute Gasteiger partial charge is 0.463 e. The Labute approximate surface area is 144 Å². The van der Waals surface area contributed by atoms with Gasteiger partial charge in [0.2, 0.25) is 6.23 Å². The number of hydrogen-bond donors (Lipinski definition) is 0. The number of thiophene rings is 1. The summed E-state index contributed by atoms with van der Waals surface area (Å²) in [5, 5.41) is 9.07. The van der Waals surface area contributed by atoms with E-state index in [1.807, 2.05) is 30.3 Å². The van der Waals surface area contributed by atoms with Crippen LogP contribution in [0.15, 0.2) is 71.3 Å². The van der Waals surface area contributed by atoms with Crippen LogP contribution in [0.1, 0.15) is 34.8 Å². The summed E-state index contributed by atoms with van der Waals surface area (Å²) in [6.07, 6.45) is 2.40. The van der Waals surface area contributed by atoms with Crippen LogP contribution in [-0.2, 0) is 0 Å². The highest BCUT2D eigenvalue weighted by atomic mass is 32.1. The van der Waals surface area contributed by atoms with Crippen molar-refractivity contribution in [2.24, 2.45) is 5.10 Å². The first-order chi connectivity index (χ1) is 11.9. The van der Waals surface area contributed by atoms with Crippen LogP contribution < -0.4 is 4.74 Å². The molecule has 118 valence electrons. The van der Waals surface area contributed by atoms with Crippen molar-refractivity contribution in [1.29, 1.82) is 0 Å². The first-order valence-electron chi connectivity index (χ1n) is 7.96. The standard InChI is InChI=1S/C19H15N3OS/c1-2-8-17-13(6-1)16-12-15(18-9-5-11-24-18)21-22(16)19(23-17)14-7-3-4-10-20-14/h1-11,16,19H,12H2/t16-,19+/m1/s1. The van der Waals surface area contributed by atoms with Crippen molar-refractivity contribution in [2.45, 2.75) is 18.7 Å². The van der Waals surface area contributed by atoms with E-state index in [1.165, 1.54) is 10.4 Å². The minimum atomic E-state index is -0.288. The zero-order valence-corrected chi connectivity index (χ0v) is 13.7. The third-order valence-electron chi connectivity index (χ3n) is 4.45. The molecule has 1 aromatic carbocycles. The second kappa shape index (κ2) is 5.46. The van der Waals surface area contributed by atoms with Gasteiger partial charge in [-0.25, -0.2) is 5.01 Å². The summed E-state index contributed by atoms with van der Waals surface area (Å²) < 4.78 is 6.26. The van der Waals surface area contributed by atoms with Crippen LogP contribution in [0.4, 0.5) is 0 Å². The third kappa shape index (κ3) is 2.12. The topological polar surface area (TPSA) is 37.7 Å². The van der Waals surface area contributed by atoms with E-state index in [0.717, 1.165) is 23.6 Å². The molecule has 0 amide bonds. The quantitative estimate of drug-likeness (QED) is 0.698. The Hall–Kier alpha value is -2.66. The fraction of sp³-hybridized carbons (Fsp3) is 0.158. The van der Waals surface area contributed by atoms with Gasteiger partial charge in [-0.1, -0.05) is 30.3 Å². The van der Waals surface area contributed by atoms with E-state index in [-0.39, 0.29) is 12.3 Å². The first-order valence-corrected chi connectivity index (χ1v) is 8.84. The zero-order valence-electron chi connectivity index (χ0n) is 12.9. The summed E-state index contributed by atoms with van der Waals surface area (Å²) in [4.78, 5) is 5.71. The summed E-state index contributed by atoms with van der Waals surface area (Å²) >= 11 is 1.73. The normalized spacial score (nSPS) is 21.7. The molecule has 0 saturated carbocycles. The van der Waals surface area contributed by atoms with Crippen LogP contribution in [0, 0.1) is 0 Å². The summed E-state index contributed by atoms with van der Waals surface area (Å²) in [5.41, 5.74) is 3.20. The number of hydrogen-bond acceptors (Lipinski definition) is 5. The highest BCUT2D eigenvalue weighted by Gasteiger charge is 2.41. The van der Waals surface area contributed by atoms with E-state index in [1.54, 1.807) is 17.5 Å². The summed E-state index contributed by atoms with van der Waals surface area (Å²) in [7, 11) is 0. The van der Waals surface area contributed by atoms with Crippen molar-refractivity contribution in [3.8, 4) is 5.75 Å². The molecular weight excluding hydrogens is 318 g/mol. The molecule has 0 fully saturated rings. The van der Waals surface area contributed by atoms with Gasteiger partial charge in [-0.15, -0.1) is 11.3 Å². The van der Waals surface area contributed by atoms with Gasteiger partial charge in [0, 0.05) is 18.2 Å². The fourth-order valence-corrected chi connectivity index (χ4v) is 4.06. The van der Waals surface area contributed by atoms with Crippen molar-refractivity contribution in [3.63, 3.8) is 0 Å². The molecule has 0 bridgehead atoms. The summed E-state index contributed by atoms with van der Waals surface area (Å²) in [6, 6.07) is 18.5. The van der Waals surface area contributed by atoms with Crippen molar-refractivity contribution >= 4 is 17.0 Å². The monoisotopic (exact) mass is 333 g/mol. The highest BCUT2D eigenvalue weighted by Crippen LogP contribution is 2.47. The predicted molar refractivity (Wildman–Crippen MR) is 94.1 cm³/mol. The molecule has 3 aromatic rings. The minimum absolute atomic E-state index is 0.194. The smallest absolute Gasteiger partial charge is 0.230 e. The molecule has 2 aromatic heterocycles. The van der Waals surface area contributed by atoms with Crippen LogP contribution in [0.25, 0.3) is 0 Å². The number of para-hydroxylation sites is 1. The minimum Gasteiger partial charge on any atom is -0.463 e. The number of benzene rings is 1. The zero-order chi connectivity index (χ0) is 15.9. The molecule has 2 aliphatic heterocycles. The lowest BCUT2D eigenvalue weighted by Crippen LogP contribution is -2.34. The number of aromatic nitrogens is 1. The molecule has 0 N–H and O–H groups in total. The van der Waals surface area contributed by atoms with Gasteiger partial charge >= 0.3 is 0 Å². The van der Waals surface area contributed by atoms with E-state index in [2.05, 4.69) is 39.6 Å². The van der Waals surface area contributed by atoms with Gasteiger partial charge in [0.05, 0.1) is 16.6 Å². The maximum Gasteiger partial charge on any atom is 0.230 e. The molecular formula is C19H15N3OS. The van der Waals surface area contributed by atoms with Crippen molar-refractivity contribution in [1.82, 2.24) is 9.99 Å². The fourth-order valence-electron chi connectivity index (χ4n) is 3.34. The van der Waals surface area contributed by atoms with E-state index >= 15 is 0 Å². The highest BCUT2D eigenvalue weighted by molar-refractivity contribution is 7.12. The average Bonchev–Trinajstić information content (AvgIpc) is 3.31. The number of rotatable bonds is 2. The maximum absolute atomic E-state index is 6.26. The van der Waals surface area contributed by atoms with Gasteiger partial charge < -0.3 is 4.74 Å². The van der Waals surface area contributed by atoms with Gasteiger partial charge in [0.1, 0.15) is 11.4 Å². The number of ether oxygens (including phenoxy) is 1. The van der Waals surface area contributed by atoms with Gasteiger partial charge in [-0.05, 0) is 29.6 Å². The van der Waals surface area contributed by atoms with Gasteiger partial charge in [-0.2, -0.15) is 5.10 Å². The molecule has 24 heavy (non-hydrogen) atoms. The maximum atomic E-state index is 6.26.